The van der Waals surface area contributed by atoms with Crippen LogP contribution >= 0.6 is 0 Å². The molecule has 2 N–H and O–H groups in total. The van der Waals surface area contributed by atoms with Gasteiger partial charge in [-0.15, -0.1) is 0 Å². The zero-order valence-electron chi connectivity index (χ0n) is 13.7. The first kappa shape index (κ1) is 18.2. The second-order valence-electron chi connectivity index (χ2n) is 5.34. The lowest BCUT2D eigenvalue weighted by atomic mass is 10.00. The molecule has 0 radical (unpaired) electrons. The number of hydrogen-bond acceptors (Lipinski definition) is 4. The smallest absolute Gasteiger partial charge is 0.150 e. The first-order valence-corrected chi connectivity index (χ1v) is 9.76. The Hall–Kier alpha value is -0.880. The number of aromatic nitrogens is 2. The molecule has 21 heavy (non-hydrogen) atoms. The molecule has 5 nitrogen and oxygen atoms in total. The topological polar surface area (TPSA) is 78.0 Å². The molecule has 0 saturated heterocycles. The van der Waals surface area contributed by atoms with Gasteiger partial charge in [-0.05, 0) is 25.7 Å². The average Bonchev–Trinajstić information content (AvgIpc) is 2.83. The van der Waals surface area contributed by atoms with Crippen LogP contribution in [0.15, 0.2) is 0 Å². The maximum Gasteiger partial charge on any atom is 0.150 e. The molecule has 0 spiro atoms. The van der Waals surface area contributed by atoms with Crippen LogP contribution in [0.2, 0.25) is 0 Å². The SMILES string of the molecule is CCc1nn(CCCS(=O)(=O)CC)c(CC)c1C(N)CC. The van der Waals surface area contributed by atoms with Crippen LogP contribution in [0.4, 0.5) is 0 Å². The van der Waals surface area contributed by atoms with Crippen molar-refractivity contribution in [2.24, 2.45) is 5.73 Å². The van der Waals surface area contributed by atoms with Crippen molar-refractivity contribution < 1.29 is 8.42 Å². The molecule has 0 amide bonds. The highest BCUT2D eigenvalue weighted by atomic mass is 32.2. The van der Waals surface area contributed by atoms with Gasteiger partial charge in [-0.1, -0.05) is 27.7 Å². The number of sulfone groups is 1. The third-order valence-corrected chi connectivity index (χ3v) is 5.71. The molecule has 1 aromatic heterocycles. The Labute approximate surface area is 128 Å². The first-order chi connectivity index (χ1) is 9.90. The monoisotopic (exact) mass is 315 g/mol. The van der Waals surface area contributed by atoms with Crippen LogP contribution in [0.3, 0.4) is 0 Å². The van der Waals surface area contributed by atoms with E-state index < -0.39 is 9.84 Å². The first-order valence-electron chi connectivity index (χ1n) is 7.94. The van der Waals surface area contributed by atoms with Gasteiger partial charge in [-0.3, -0.25) is 4.68 Å². The van der Waals surface area contributed by atoms with Gasteiger partial charge in [0.1, 0.15) is 9.84 Å². The standard InChI is InChI=1S/C15H29N3O2S/c1-5-12(16)15-13(6-2)17-18(14(15)7-3)10-9-11-21(19,20)8-4/h12H,5-11,16H2,1-4H3. The third kappa shape index (κ3) is 4.54. The van der Waals surface area contributed by atoms with E-state index in [2.05, 4.69) is 25.9 Å². The van der Waals surface area contributed by atoms with Crippen LogP contribution in [0.25, 0.3) is 0 Å². The van der Waals surface area contributed by atoms with E-state index in [0.29, 0.717) is 13.0 Å². The predicted octanol–water partition coefficient (Wildman–Crippen LogP) is 2.24. The molecular weight excluding hydrogens is 286 g/mol. The summed E-state index contributed by atoms with van der Waals surface area (Å²) >= 11 is 0. The Morgan fingerprint density at radius 1 is 1.19 bits per heavy atom. The van der Waals surface area contributed by atoms with Crippen LogP contribution in [0.5, 0.6) is 0 Å². The highest BCUT2D eigenvalue weighted by molar-refractivity contribution is 7.91. The Kier molecular flexibility index (Phi) is 6.87. The second-order valence-corrected chi connectivity index (χ2v) is 7.81. The van der Waals surface area contributed by atoms with Crippen LogP contribution in [-0.4, -0.2) is 29.7 Å². The summed E-state index contributed by atoms with van der Waals surface area (Å²) in [5, 5.41) is 4.66. The quantitative estimate of drug-likeness (QED) is 0.758. The van der Waals surface area contributed by atoms with Crippen molar-refractivity contribution in [3.63, 3.8) is 0 Å². The number of nitrogens with zero attached hydrogens (tertiary/aromatic N) is 2. The Bertz CT molecular complexity index is 550. The molecule has 1 atom stereocenters. The van der Waals surface area contributed by atoms with Gasteiger partial charge in [0.05, 0.1) is 11.4 Å². The molecule has 0 aliphatic carbocycles. The number of aryl methyl sites for hydroxylation is 2. The van der Waals surface area contributed by atoms with E-state index in [9.17, 15) is 8.42 Å². The normalized spacial score (nSPS) is 13.6. The van der Waals surface area contributed by atoms with Crippen molar-refractivity contribution in [1.29, 1.82) is 0 Å². The largest absolute Gasteiger partial charge is 0.324 e. The summed E-state index contributed by atoms with van der Waals surface area (Å²) in [4.78, 5) is 0. The van der Waals surface area contributed by atoms with Gasteiger partial charge < -0.3 is 5.73 Å². The lowest BCUT2D eigenvalue weighted by Crippen LogP contribution is -2.15. The lowest BCUT2D eigenvalue weighted by Gasteiger charge is -2.12. The molecule has 1 aromatic rings. The van der Waals surface area contributed by atoms with Gasteiger partial charge in [0, 0.05) is 29.6 Å². The summed E-state index contributed by atoms with van der Waals surface area (Å²) < 4.78 is 25.1. The van der Waals surface area contributed by atoms with E-state index >= 15 is 0 Å². The molecule has 6 heteroatoms. The number of nitrogens with two attached hydrogens (primary N) is 1. The molecule has 122 valence electrons. The van der Waals surface area contributed by atoms with Gasteiger partial charge in [0.25, 0.3) is 0 Å². The summed E-state index contributed by atoms with van der Waals surface area (Å²) in [5.41, 5.74) is 9.62. The van der Waals surface area contributed by atoms with E-state index in [0.717, 1.165) is 30.7 Å². The Morgan fingerprint density at radius 2 is 1.86 bits per heavy atom. The minimum absolute atomic E-state index is 0.0167. The minimum Gasteiger partial charge on any atom is -0.324 e. The maximum absolute atomic E-state index is 11.6. The van der Waals surface area contributed by atoms with Crippen molar-refractivity contribution in [2.45, 2.75) is 66.0 Å². The van der Waals surface area contributed by atoms with E-state index in [1.165, 1.54) is 5.56 Å². The molecule has 1 rings (SSSR count). The molecule has 1 heterocycles. The van der Waals surface area contributed by atoms with Crippen molar-refractivity contribution in [3.05, 3.63) is 17.0 Å². The maximum atomic E-state index is 11.6. The van der Waals surface area contributed by atoms with Gasteiger partial charge in [-0.25, -0.2) is 8.42 Å². The number of hydrogen-bond donors (Lipinski definition) is 1. The Balaban J connectivity index is 2.95. The summed E-state index contributed by atoms with van der Waals surface area (Å²) in [5.74, 6) is 0.433. The molecule has 0 bridgehead atoms. The summed E-state index contributed by atoms with van der Waals surface area (Å²) in [6.45, 7) is 8.59. The summed E-state index contributed by atoms with van der Waals surface area (Å²) in [7, 11) is -2.90. The molecule has 0 aliphatic heterocycles. The second kappa shape index (κ2) is 7.94. The minimum atomic E-state index is -2.90. The molecule has 0 aromatic carbocycles. The number of rotatable bonds is 9. The molecule has 0 saturated carbocycles. The van der Waals surface area contributed by atoms with Crippen LogP contribution in [0.1, 0.15) is 63.5 Å². The van der Waals surface area contributed by atoms with Crippen molar-refractivity contribution in [2.75, 3.05) is 11.5 Å². The van der Waals surface area contributed by atoms with E-state index in [4.69, 9.17) is 5.73 Å². The van der Waals surface area contributed by atoms with Crippen molar-refractivity contribution >= 4 is 9.84 Å². The highest BCUT2D eigenvalue weighted by Gasteiger charge is 2.20. The summed E-state index contributed by atoms with van der Waals surface area (Å²) in [6.07, 6.45) is 3.22. The molecule has 1 unspecified atom stereocenters. The van der Waals surface area contributed by atoms with Gasteiger partial charge in [-0.2, -0.15) is 5.10 Å². The zero-order chi connectivity index (χ0) is 16.0. The average molecular weight is 315 g/mol. The molecule has 0 aliphatic rings. The van der Waals surface area contributed by atoms with Crippen molar-refractivity contribution in [3.8, 4) is 0 Å². The van der Waals surface area contributed by atoms with Crippen molar-refractivity contribution in [1.82, 2.24) is 9.78 Å². The fourth-order valence-corrected chi connectivity index (χ4v) is 3.45. The lowest BCUT2D eigenvalue weighted by molar-refractivity contribution is 0.555. The summed E-state index contributed by atoms with van der Waals surface area (Å²) in [6, 6.07) is 0.0167. The van der Waals surface area contributed by atoms with Gasteiger partial charge >= 0.3 is 0 Å². The molecule has 0 fully saturated rings. The van der Waals surface area contributed by atoms with Crippen LogP contribution < -0.4 is 5.73 Å². The fourth-order valence-electron chi connectivity index (χ4n) is 2.60. The van der Waals surface area contributed by atoms with Crippen LogP contribution in [-0.2, 0) is 29.2 Å². The predicted molar refractivity (Wildman–Crippen MR) is 87.1 cm³/mol. The fraction of sp³-hybridized carbons (Fsp3) is 0.800. The van der Waals surface area contributed by atoms with Crippen LogP contribution in [0, 0.1) is 0 Å². The third-order valence-electron chi connectivity index (χ3n) is 3.92. The van der Waals surface area contributed by atoms with E-state index in [1.54, 1.807) is 6.92 Å². The molecular formula is C15H29N3O2S. The highest BCUT2D eigenvalue weighted by Crippen LogP contribution is 2.24. The van der Waals surface area contributed by atoms with E-state index in [-0.39, 0.29) is 17.5 Å². The van der Waals surface area contributed by atoms with Gasteiger partial charge in [0.15, 0.2) is 0 Å². The van der Waals surface area contributed by atoms with E-state index in [1.807, 2.05) is 4.68 Å². The van der Waals surface area contributed by atoms with Gasteiger partial charge in [0.2, 0.25) is 0 Å². The zero-order valence-corrected chi connectivity index (χ0v) is 14.5. The Morgan fingerprint density at radius 3 is 2.33 bits per heavy atom.